The Bertz CT molecular complexity index is 1520. The second-order valence-electron chi connectivity index (χ2n) is 7.84. The summed E-state index contributed by atoms with van der Waals surface area (Å²) in [7, 11) is -3.87. The minimum atomic E-state index is -3.87. The summed E-state index contributed by atoms with van der Waals surface area (Å²) in [6.45, 7) is 0.105. The van der Waals surface area contributed by atoms with E-state index in [-0.39, 0.29) is 28.6 Å². The van der Waals surface area contributed by atoms with Crippen LogP contribution in [-0.2, 0) is 23.1 Å². The van der Waals surface area contributed by atoms with Gasteiger partial charge in [0.25, 0.3) is 5.91 Å². The molecule has 0 aliphatic rings. The van der Waals surface area contributed by atoms with Crippen molar-refractivity contribution in [3.63, 3.8) is 0 Å². The highest BCUT2D eigenvalue weighted by molar-refractivity contribution is 7.89. The number of hydrazone groups is 1. The predicted octanol–water partition coefficient (Wildman–Crippen LogP) is 6.39. The first-order valence-corrected chi connectivity index (χ1v) is 13.5. The van der Waals surface area contributed by atoms with Gasteiger partial charge in [-0.3, -0.25) is 4.79 Å². The van der Waals surface area contributed by atoms with Crippen LogP contribution in [0.25, 0.3) is 0 Å². The molecule has 0 aliphatic heterocycles. The van der Waals surface area contributed by atoms with Gasteiger partial charge in [-0.1, -0.05) is 65.1 Å². The molecule has 1 N–H and O–H groups in total. The van der Waals surface area contributed by atoms with Gasteiger partial charge < -0.3 is 4.42 Å². The number of benzene rings is 3. The Morgan fingerprint density at radius 1 is 0.892 bits per heavy atom. The van der Waals surface area contributed by atoms with Gasteiger partial charge in [-0.25, -0.2) is 13.8 Å². The van der Waals surface area contributed by atoms with Gasteiger partial charge in [-0.2, -0.15) is 9.41 Å². The lowest BCUT2D eigenvalue weighted by Crippen LogP contribution is -2.30. The molecule has 1 aromatic heterocycles. The SMILES string of the molecule is O=C(N/N=C\c1ccc(CN(Cc2ccccc2)S(=O)(=O)c2ccc(Cl)cc2)o1)c1ccc(Cl)cc1Cl. The molecule has 190 valence electrons. The number of hydrogen-bond acceptors (Lipinski definition) is 5. The van der Waals surface area contributed by atoms with Crippen molar-refractivity contribution in [3.8, 4) is 0 Å². The van der Waals surface area contributed by atoms with Gasteiger partial charge in [-0.15, -0.1) is 0 Å². The van der Waals surface area contributed by atoms with Crippen molar-refractivity contribution in [2.75, 3.05) is 0 Å². The zero-order valence-electron chi connectivity index (χ0n) is 19.1. The van der Waals surface area contributed by atoms with E-state index in [0.29, 0.717) is 21.6 Å². The lowest BCUT2D eigenvalue weighted by atomic mass is 10.2. The van der Waals surface area contributed by atoms with Crippen LogP contribution in [0, 0.1) is 0 Å². The van der Waals surface area contributed by atoms with Gasteiger partial charge in [0.15, 0.2) is 0 Å². The fourth-order valence-corrected chi connectivity index (χ4v) is 5.39. The van der Waals surface area contributed by atoms with Gasteiger partial charge in [0.2, 0.25) is 10.0 Å². The number of nitrogens with zero attached hydrogens (tertiary/aromatic N) is 2. The Morgan fingerprint density at radius 3 is 2.30 bits per heavy atom. The summed E-state index contributed by atoms with van der Waals surface area (Å²) in [5, 5.41) is 4.94. The standard InChI is InChI=1S/C26H20Cl3N3O4S/c27-19-6-11-23(12-7-19)37(34,35)32(16-18-4-2-1-3-5-18)17-22-10-9-21(36-22)15-30-31-26(33)24-13-8-20(28)14-25(24)29/h1-15H,16-17H2,(H,31,33)/b30-15-. The molecule has 1 heterocycles. The molecular weight excluding hydrogens is 557 g/mol. The molecule has 1 amide bonds. The average Bonchev–Trinajstić information content (AvgIpc) is 3.31. The third kappa shape index (κ3) is 7.00. The summed E-state index contributed by atoms with van der Waals surface area (Å²) in [4.78, 5) is 12.4. The fraction of sp³-hybridized carbons (Fsp3) is 0.0769. The maximum Gasteiger partial charge on any atom is 0.272 e. The topological polar surface area (TPSA) is 92.0 Å². The third-order valence-electron chi connectivity index (χ3n) is 5.20. The molecule has 0 spiro atoms. The van der Waals surface area contributed by atoms with Crippen molar-refractivity contribution in [2.24, 2.45) is 5.10 Å². The molecule has 0 aliphatic carbocycles. The first-order valence-electron chi connectivity index (χ1n) is 10.9. The summed E-state index contributed by atoms with van der Waals surface area (Å²) in [5.74, 6) is 0.191. The van der Waals surface area contributed by atoms with E-state index in [1.54, 1.807) is 18.2 Å². The summed E-state index contributed by atoms with van der Waals surface area (Å²) in [5.41, 5.74) is 3.40. The minimum absolute atomic E-state index is 0.0273. The number of carbonyl (C=O) groups is 1. The molecule has 0 unspecified atom stereocenters. The van der Waals surface area contributed by atoms with Crippen LogP contribution >= 0.6 is 34.8 Å². The number of amides is 1. The van der Waals surface area contributed by atoms with Crippen LogP contribution in [0.1, 0.15) is 27.4 Å². The van der Waals surface area contributed by atoms with Crippen LogP contribution in [0.4, 0.5) is 0 Å². The fourth-order valence-electron chi connectivity index (χ4n) is 3.38. The van der Waals surface area contributed by atoms with Gasteiger partial charge in [-0.05, 0) is 60.2 Å². The van der Waals surface area contributed by atoms with Crippen LogP contribution in [0.5, 0.6) is 0 Å². The quantitative estimate of drug-likeness (QED) is 0.184. The van der Waals surface area contributed by atoms with E-state index in [4.69, 9.17) is 39.2 Å². The maximum absolute atomic E-state index is 13.4. The largest absolute Gasteiger partial charge is 0.459 e. The number of rotatable bonds is 9. The van der Waals surface area contributed by atoms with Crippen LogP contribution in [-0.4, -0.2) is 24.8 Å². The highest BCUT2D eigenvalue weighted by Crippen LogP contribution is 2.24. The number of sulfonamides is 1. The van der Waals surface area contributed by atoms with Crippen molar-refractivity contribution in [1.82, 2.24) is 9.73 Å². The maximum atomic E-state index is 13.4. The second kappa shape index (κ2) is 11.9. The molecule has 0 saturated carbocycles. The monoisotopic (exact) mass is 575 g/mol. The number of nitrogens with one attached hydrogen (secondary N) is 1. The van der Waals surface area contributed by atoms with Crippen molar-refractivity contribution in [3.05, 3.63) is 123 Å². The predicted molar refractivity (Wildman–Crippen MR) is 145 cm³/mol. The Morgan fingerprint density at radius 2 is 1.59 bits per heavy atom. The van der Waals surface area contributed by atoms with Gasteiger partial charge in [0, 0.05) is 16.6 Å². The number of halogens is 3. The lowest BCUT2D eigenvalue weighted by Gasteiger charge is -2.21. The Balaban J connectivity index is 1.49. The van der Waals surface area contributed by atoms with E-state index in [0.717, 1.165) is 5.56 Å². The summed E-state index contributed by atoms with van der Waals surface area (Å²) >= 11 is 17.8. The molecule has 4 aromatic rings. The van der Waals surface area contributed by atoms with Gasteiger partial charge in [0.1, 0.15) is 11.5 Å². The lowest BCUT2D eigenvalue weighted by molar-refractivity contribution is 0.0955. The van der Waals surface area contributed by atoms with E-state index < -0.39 is 15.9 Å². The van der Waals surface area contributed by atoms with E-state index in [2.05, 4.69) is 10.5 Å². The van der Waals surface area contributed by atoms with Gasteiger partial charge in [0.05, 0.1) is 28.2 Å². The smallest absolute Gasteiger partial charge is 0.272 e. The van der Waals surface area contributed by atoms with Gasteiger partial charge >= 0.3 is 0 Å². The zero-order chi connectivity index (χ0) is 26.4. The molecule has 11 heteroatoms. The minimum Gasteiger partial charge on any atom is -0.459 e. The highest BCUT2D eigenvalue weighted by atomic mass is 35.5. The highest BCUT2D eigenvalue weighted by Gasteiger charge is 2.26. The Hall–Kier alpha value is -3.14. The van der Waals surface area contributed by atoms with Crippen LogP contribution < -0.4 is 5.43 Å². The van der Waals surface area contributed by atoms with Crippen molar-refractivity contribution >= 4 is 56.9 Å². The third-order valence-corrected chi connectivity index (χ3v) is 7.81. The Kier molecular flexibility index (Phi) is 8.68. The van der Waals surface area contributed by atoms with Crippen molar-refractivity contribution in [1.29, 1.82) is 0 Å². The molecule has 0 saturated heterocycles. The number of furan rings is 1. The molecule has 0 atom stereocenters. The molecule has 0 fully saturated rings. The van der Waals surface area contributed by atoms with Crippen LogP contribution in [0.3, 0.4) is 0 Å². The van der Waals surface area contributed by atoms with E-state index >= 15 is 0 Å². The molecule has 0 bridgehead atoms. The molecule has 0 radical (unpaired) electrons. The summed E-state index contributed by atoms with van der Waals surface area (Å²) in [6.07, 6.45) is 1.31. The average molecular weight is 577 g/mol. The summed E-state index contributed by atoms with van der Waals surface area (Å²) < 4.78 is 33.9. The normalized spacial score (nSPS) is 11.8. The second-order valence-corrected chi connectivity index (χ2v) is 11.1. The van der Waals surface area contributed by atoms with Crippen molar-refractivity contribution < 1.29 is 17.6 Å². The molecule has 37 heavy (non-hydrogen) atoms. The van der Waals surface area contributed by atoms with Crippen LogP contribution in [0.2, 0.25) is 15.1 Å². The first kappa shape index (κ1) is 26.9. The molecule has 3 aromatic carbocycles. The number of hydrogen-bond donors (Lipinski definition) is 1. The molecular formula is C26H20Cl3N3O4S. The Labute approximate surface area is 229 Å². The molecule has 7 nitrogen and oxygen atoms in total. The zero-order valence-corrected chi connectivity index (χ0v) is 22.2. The van der Waals surface area contributed by atoms with E-state index in [1.807, 2.05) is 30.3 Å². The van der Waals surface area contributed by atoms with E-state index in [1.165, 1.54) is 46.9 Å². The molecule has 4 rings (SSSR count). The number of carbonyl (C=O) groups excluding carboxylic acids is 1. The summed E-state index contributed by atoms with van der Waals surface area (Å²) in [6, 6.07) is 23.0. The van der Waals surface area contributed by atoms with Crippen molar-refractivity contribution in [2.45, 2.75) is 18.0 Å². The first-order chi connectivity index (χ1) is 17.7. The van der Waals surface area contributed by atoms with E-state index in [9.17, 15) is 13.2 Å². The van der Waals surface area contributed by atoms with Crippen LogP contribution in [0.15, 0.2) is 99.3 Å².